The number of benzene rings is 1. The lowest BCUT2D eigenvalue weighted by molar-refractivity contribution is 0.340. The maximum Gasteiger partial charge on any atom is 0.215 e. The van der Waals surface area contributed by atoms with E-state index in [1.807, 2.05) is 0 Å². The van der Waals surface area contributed by atoms with Crippen LogP contribution in [-0.2, 0) is 16.6 Å². The van der Waals surface area contributed by atoms with Crippen molar-refractivity contribution in [2.45, 2.75) is 6.54 Å². The SMILES string of the molecule is Nc1cccc(OCCS(=O)(=O)NCc2ccoc2)c1. The average molecular weight is 296 g/mol. The number of hydrogen-bond donors (Lipinski definition) is 2. The molecule has 0 atom stereocenters. The van der Waals surface area contributed by atoms with Crippen LogP contribution in [0.2, 0.25) is 0 Å². The van der Waals surface area contributed by atoms with Gasteiger partial charge in [0.15, 0.2) is 0 Å². The molecule has 3 N–H and O–H groups in total. The van der Waals surface area contributed by atoms with E-state index in [2.05, 4.69) is 4.72 Å². The molecular formula is C13H16N2O4S. The summed E-state index contributed by atoms with van der Waals surface area (Å²) < 4.78 is 36.1. The molecule has 7 heteroatoms. The number of ether oxygens (including phenoxy) is 1. The molecule has 1 aromatic heterocycles. The van der Waals surface area contributed by atoms with E-state index in [4.69, 9.17) is 14.9 Å². The lowest BCUT2D eigenvalue weighted by atomic mass is 10.3. The topological polar surface area (TPSA) is 94.6 Å². The molecule has 108 valence electrons. The first-order chi connectivity index (χ1) is 9.55. The fourth-order valence-corrected chi connectivity index (χ4v) is 2.37. The predicted octanol–water partition coefficient (Wildman–Crippen LogP) is 1.36. The van der Waals surface area contributed by atoms with Crippen molar-refractivity contribution < 1.29 is 17.6 Å². The van der Waals surface area contributed by atoms with E-state index in [9.17, 15) is 8.42 Å². The zero-order valence-electron chi connectivity index (χ0n) is 10.8. The van der Waals surface area contributed by atoms with Crippen LogP contribution in [0.1, 0.15) is 5.56 Å². The monoisotopic (exact) mass is 296 g/mol. The lowest BCUT2D eigenvalue weighted by Gasteiger charge is -2.08. The normalized spacial score (nSPS) is 11.4. The van der Waals surface area contributed by atoms with Crippen molar-refractivity contribution in [2.24, 2.45) is 0 Å². The van der Waals surface area contributed by atoms with Crippen molar-refractivity contribution in [1.82, 2.24) is 4.72 Å². The second-order valence-electron chi connectivity index (χ2n) is 4.19. The molecule has 0 spiro atoms. The summed E-state index contributed by atoms with van der Waals surface area (Å²) in [6, 6.07) is 8.55. The fourth-order valence-electron chi connectivity index (χ4n) is 1.53. The molecule has 2 aromatic rings. The highest BCUT2D eigenvalue weighted by atomic mass is 32.2. The van der Waals surface area contributed by atoms with E-state index < -0.39 is 10.0 Å². The molecule has 0 radical (unpaired) electrons. The summed E-state index contributed by atoms with van der Waals surface area (Å²) >= 11 is 0. The van der Waals surface area contributed by atoms with Gasteiger partial charge in [-0.15, -0.1) is 0 Å². The van der Waals surface area contributed by atoms with Crippen molar-refractivity contribution in [1.29, 1.82) is 0 Å². The maximum absolute atomic E-state index is 11.7. The summed E-state index contributed by atoms with van der Waals surface area (Å²) in [6.07, 6.45) is 2.98. The van der Waals surface area contributed by atoms with E-state index in [1.54, 1.807) is 30.3 Å². The number of nitrogens with one attached hydrogen (secondary N) is 1. The van der Waals surface area contributed by atoms with Crippen LogP contribution < -0.4 is 15.2 Å². The molecule has 1 heterocycles. The molecule has 6 nitrogen and oxygen atoms in total. The molecule has 0 saturated heterocycles. The van der Waals surface area contributed by atoms with Gasteiger partial charge >= 0.3 is 0 Å². The second-order valence-corrected chi connectivity index (χ2v) is 6.12. The highest BCUT2D eigenvalue weighted by molar-refractivity contribution is 7.89. The van der Waals surface area contributed by atoms with Crippen molar-refractivity contribution >= 4 is 15.7 Å². The molecule has 1 aromatic carbocycles. The lowest BCUT2D eigenvalue weighted by Crippen LogP contribution is -2.28. The van der Waals surface area contributed by atoms with Gasteiger partial charge in [0.2, 0.25) is 10.0 Å². The summed E-state index contributed by atoms with van der Waals surface area (Å²) in [6.45, 7) is 0.265. The highest BCUT2D eigenvalue weighted by Crippen LogP contribution is 2.14. The first kappa shape index (κ1) is 14.4. The molecule has 0 aliphatic carbocycles. The van der Waals surface area contributed by atoms with Gasteiger partial charge in [-0.25, -0.2) is 13.1 Å². The van der Waals surface area contributed by atoms with Gasteiger partial charge in [-0.05, 0) is 18.2 Å². The number of hydrogen-bond acceptors (Lipinski definition) is 5. The molecule has 0 amide bonds. The number of nitrogen functional groups attached to an aromatic ring is 1. The van der Waals surface area contributed by atoms with Crippen LogP contribution >= 0.6 is 0 Å². The van der Waals surface area contributed by atoms with Gasteiger partial charge in [0.25, 0.3) is 0 Å². The second kappa shape index (κ2) is 6.44. The minimum atomic E-state index is -3.39. The molecule has 0 saturated carbocycles. The Balaban J connectivity index is 1.77. The first-order valence-electron chi connectivity index (χ1n) is 6.02. The number of anilines is 1. The highest BCUT2D eigenvalue weighted by Gasteiger charge is 2.10. The minimum Gasteiger partial charge on any atom is -0.492 e. The van der Waals surface area contributed by atoms with Crippen LogP contribution in [0, 0.1) is 0 Å². The van der Waals surface area contributed by atoms with E-state index >= 15 is 0 Å². The molecule has 2 rings (SSSR count). The standard InChI is InChI=1S/C13H16N2O4S/c14-12-2-1-3-13(8-12)19-6-7-20(16,17)15-9-11-4-5-18-10-11/h1-5,8,10,15H,6-7,9,14H2. The largest absolute Gasteiger partial charge is 0.492 e. The fraction of sp³-hybridized carbons (Fsp3) is 0.231. The third kappa shape index (κ3) is 4.60. The minimum absolute atomic E-state index is 0.0597. The Morgan fingerprint density at radius 3 is 2.85 bits per heavy atom. The van der Waals surface area contributed by atoms with E-state index in [1.165, 1.54) is 12.5 Å². The Kier molecular flexibility index (Phi) is 4.65. The van der Waals surface area contributed by atoms with Crippen LogP contribution in [-0.4, -0.2) is 20.8 Å². The Bertz CT molecular complexity index is 638. The first-order valence-corrected chi connectivity index (χ1v) is 7.67. The Labute approximate surface area is 117 Å². The van der Waals surface area contributed by atoms with Gasteiger partial charge in [-0.2, -0.15) is 0 Å². The summed E-state index contributed by atoms with van der Waals surface area (Å²) in [7, 11) is -3.39. The number of rotatable bonds is 7. The zero-order valence-corrected chi connectivity index (χ0v) is 11.6. The molecule has 0 aliphatic heterocycles. The van der Waals surface area contributed by atoms with Gasteiger partial charge < -0.3 is 14.9 Å². The van der Waals surface area contributed by atoms with Crippen LogP contribution in [0.15, 0.2) is 47.3 Å². The molecular weight excluding hydrogens is 280 g/mol. The smallest absolute Gasteiger partial charge is 0.215 e. The number of sulfonamides is 1. The molecule has 0 aliphatic rings. The summed E-state index contributed by atoms with van der Waals surface area (Å²) in [5, 5.41) is 0. The summed E-state index contributed by atoms with van der Waals surface area (Å²) in [5.74, 6) is 0.426. The van der Waals surface area contributed by atoms with Crippen LogP contribution in [0.4, 0.5) is 5.69 Å². The predicted molar refractivity (Wildman–Crippen MR) is 75.7 cm³/mol. The molecule has 0 bridgehead atoms. The number of furan rings is 1. The molecule has 20 heavy (non-hydrogen) atoms. The van der Waals surface area contributed by atoms with Crippen LogP contribution in [0.25, 0.3) is 0 Å². The quantitative estimate of drug-likeness (QED) is 0.752. The van der Waals surface area contributed by atoms with E-state index in [0.29, 0.717) is 11.4 Å². The summed E-state index contributed by atoms with van der Waals surface area (Å²) in [4.78, 5) is 0. The molecule has 0 unspecified atom stereocenters. The van der Waals surface area contributed by atoms with Crippen molar-refractivity contribution in [3.8, 4) is 5.75 Å². The molecule has 0 fully saturated rings. The van der Waals surface area contributed by atoms with Crippen LogP contribution in [0.5, 0.6) is 5.75 Å². The van der Waals surface area contributed by atoms with Gasteiger partial charge in [0.05, 0.1) is 18.3 Å². The third-order valence-corrected chi connectivity index (χ3v) is 3.84. The van der Waals surface area contributed by atoms with E-state index in [-0.39, 0.29) is 18.9 Å². The average Bonchev–Trinajstić information content (AvgIpc) is 2.89. The zero-order chi connectivity index (χ0) is 14.4. The number of nitrogens with two attached hydrogens (primary N) is 1. The van der Waals surface area contributed by atoms with Crippen LogP contribution in [0.3, 0.4) is 0 Å². The van der Waals surface area contributed by atoms with Gasteiger partial charge in [-0.3, -0.25) is 0 Å². The Hall–Kier alpha value is -1.99. The van der Waals surface area contributed by atoms with Crippen molar-refractivity contribution in [3.05, 3.63) is 48.4 Å². The Morgan fingerprint density at radius 1 is 1.30 bits per heavy atom. The van der Waals surface area contributed by atoms with Crippen molar-refractivity contribution in [2.75, 3.05) is 18.1 Å². The van der Waals surface area contributed by atoms with Gasteiger partial charge in [0, 0.05) is 23.9 Å². The van der Waals surface area contributed by atoms with E-state index in [0.717, 1.165) is 5.56 Å². The van der Waals surface area contributed by atoms with Gasteiger partial charge in [0.1, 0.15) is 12.4 Å². The van der Waals surface area contributed by atoms with Gasteiger partial charge in [-0.1, -0.05) is 6.07 Å². The van der Waals surface area contributed by atoms with Crippen molar-refractivity contribution in [3.63, 3.8) is 0 Å². The third-order valence-electron chi connectivity index (χ3n) is 2.56. The summed E-state index contributed by atoms with van der Waals surface area (Å²) in [5.41, 5.74) is 6.94. The maximum atomic E-state index is 11.7. The Morgan fingerprint density at radius 2 is 2.15 bits per heavy atom.